The first kappa shape index (κ1) is 14.4. The average Bonchev–Trinajstić information content (AvgIpc) is 2.96. The molecule has 2 rings (SSSR count). The summed E-state index contributed by atoms with van der Waals surface area (Å²) in [5.41, 5.74) is 1.14. The third-order valence-electron chi connectivity index (χ3n) is 3.29. The molecule has 0 saturated heterocycles. The number of hydrogen-bond donors (Lipinski definition) is 1. The van der Waals surface area contributed by atoms with Gasteiger partial charge in [0, 0.05) is 19.2 Å². The van der Waals surface area contributed by atoms with Crippen molar-refractivity contribution in [3.05, 3.63) is 36.0 Å². The van der Waals surface area contributed by atoms with Gasteiger partial charge in [-0.1, -0.05) is 13.8 Å². The van der Waals surface area contributed by atoms with Crippen molar-refractivity contribution in [1.82, 2.24) is 9.97 Å². The van der Waals surface area contributed by atoms with Gasteiger partial charge in [-0.15, -0.1) is 0 Å². The quantitative estimate of drug-likeness (QED) is 0.876. The van der Waals surface area contributed by atoms with Crippen molar-refractivity contribution < 1.29 is 4.42 Å². The van der Waals surface area contributed by atoms with Gasteiger partial charge in [0.2, 0.25) is 0 Å². The van der Waals surface area contributed by atoms with Crippen molar-refractivity contribution in [2.24, 2.45) is 0 Å². The number of furan rings is 1. The van der Waals surface area contributed by atoms with Gasteiger partial charge in [0.05, 0.1) is 12.8 Å². The van der Waals surface area contributed by atoms with Gasteiger partial charge in [0.15, 0.2) is 0 Å². The van der Waals surface area contributed by atoms with Gasteiger partial charge in [-0.2, -0.15) is 0 Å². The Balaban J connectivity index is 2.38. The summed E-state index contributed by atoms with van der Waals surface area (Å²) < 4.78 is 5.44. The largest absolute Gasteiger partial charge is 0.467 e. The Morgan fingerprint density at radius 3 is 2.70 bits per heavy atom. The molecular weight excluding hydrogens is 252 g/mol. The standard InChI is InChI=1S/C15H22N4O/c1-5-19(9-12-7-6-8-20-12)15-13(11(2)3)14(16-4)17-10-18-15/h6-8,10-11H,5,9H2,1-4H3,(H,16,17,18). The van der Waals surface area contributed by atoms with E-state index in [1.807, 2.05) is 19.2 Å². The molecule has 2 heterocycles. The molecule has 2 aromatic rings. The van der Waals surface area contributed by atoms with Gasteiger partial charge in [-0.3, -0.25) is 0 Å². The van der Waals surface area contributed by atoms with E-state index in [0.29, 0.717) is 12.5 Å². The molecule has 5 heteroatoms. The first-order valence-electron chi connectivity index (χ1n) is 6.97. The summed E-state index contributed by atoms with van der Waals surface area (Å²) in [4.78, 5) is 11.0. The van der Waals surface area contributed by atoms with Crippen molar-refractivity contribution in [2.75, 3.05) is 23.8 Å². The van der Waals surface area contributed by atoms with Crippen molar-refractivity contribution >= 4 is 11.6 Å². The van der Waals surface area contributed by atoms with E-state index < -0.39 is 0 Å². The maximum Gasteiger partial charge on any atom is 0.137 e. The zero-order valence-electron chi connectivity index (χ0n) is 12.6. The molecule has 0 aliphatic heterocycles. The lowest BCUT2D eigenvalue weighted by atomic mass is 10.0. The number of nitrogens with one attached hydrogen (secondary N) is 1. The Morgan fingerprint density at radius 2 is 2.15 bits per heavy atom. The van der Waals surface area contributed by atoms with Crippen LogP contribution < -0.4 is 10.2 Å². The minimum absolute atomic E-state index is 0.347. The summed E-state index contributed by atoms with van der Waals surface area (Å²) in [6, 6.07) is 3.89. The number of anilines is 2. The third kappa shape index (κ3) is 2.92. The molecule has 0 spiro atoms. The van der Waals surface area contributed by atoms with Crippen molar-refractivity contribution in [3.63, 3.8) is 0 Å². The predicted octanol–water partition coefficient (Wildman–Crippen LogP) is 3.26. The number of aromatic nitrogens is 2. The second-order valence-electron chi connectivity index (χ2n) is 4.96. The topological polar surface area (TPSA) is 54.2 Å². The molecule has 0 aromatic carbocycles. The number of hydrogen-bond acceptors (Lipinski definition) is 5. The van der Waals surface area contributed by atoms with E-state index in [1.165, 1.54) is 0 Å². The summed E-state index contributed by atoms with van der Waals surface area (Å²) in [5.74, 6) is 3.15. The first-order chi connectivity index (χ1) is 9.67. The van der Waals surface area contributed by atoms with E-state index in [0.717, 1.165) is 29.5 Å². The van der Waals surface area contributed by atoms with Gasteiger partial charge >= 0.3 is 0 Å². The molecule has 0 atom stereocenters. The molecule has 0 fully saturated rings. The molecule has 0 bridgehead atoms. The molecule has 20 heavy (non-hydrogen) atoms. The van der Waals surface area contributed by atoms with E-state index in [4.69, 9.17) is 4.42 Å². The van der Waals surface area contributed by atoms with Crippen LogP contribution in [0, 0.1) is 0 Å². The van der Waals surface area contributed by atoms with Crippen LogP contribution in [0.3, 0.4) is 0 Å². The van der Waals surface area contributed by atoms with Crippen LogP contribution in [-0.4, -0.2) is 23.6 Å². The highest BCUT2D eigenvalue weighted by Gasteiger charge is 2.19. The lowest BCUT2D eigenvalue weighted by molar-refractivity contribution is 0.502. The van der Waals surface area contributed by atoms with Crippen LogP contribution in [0.25, 0.3) is 0 Å². The Hall–Kier alpha value is -2.04. The molecule has 2 aromatic heterocycles. The fraction of sp³-hybridized carbons (Fsp3) is 0.467. The van der Waals surface area contributed by atoms with E-state index in [-0.39, 0.29) is 0 Å². The molecule has 108 valence electrons. The maximum atomic E-state index is 5.44. The van der Waals surface area contributed by atoms with Crippen LogP contribution in [0.5, 0.6) is 0 Å². The molecule has 5 nitrogen and oxygen atoms in total. The Bertz CT molecular complexity index is 537. The predicted molar refractivity (Wildman–Crippen MR) is 81.1 cm³/mol. The molecule has 0 aliphatic carbocycles. The fourth-order valence-electron chi connectivity index (χ4n) is 2.30. The molecule has 0 aliphatic rings. The van der Waals surface area contributed by atoms with Crippen LogP contribution in [0.2, 0.25) is 0 Å². The minimum atomic E-state index is 0.347. The minimum Gasteiger partial charge on any atom is -0.467 e. The third-order valence-corrected chi connectivity index (χ3v) is 3.29. The summed E-state index contributed by atoms with van der Waals surface area (Å²) in [6.07, 6.45) is 3.31. The number of nitrogens with zero attached hydrogens (tertiary/aromatic N) is 3. The van der Waals surface area contributed by atoms with Gasteiger partial charge < -0.3 is 14.6 Å². The van der Waals surface area contributed by atoms with E-state index >= 15 is 0 Å². The zero-order valence-corrected chi connectivity index (χ0v) is 12.6. The zero-order chi connectivity index (χ0) is 14.5. The summed E-state index contributed by atoms with van der Waals surface area (Å²) in [7, 11) is 1.89. The van der Waals surface area contributed by atoms with Crippen molar-refractivity contribution in [1.29, 1.82) is 0 Å². The Morgan fingerprint density at radius 1 is 1.35 bits per heavy atom. The summed E-state index contributed by atoms with van der Waals surface area (Å²) in [6.45, 7) is 8.01. The maximum absolute atomic E-state index is 5.44. The lowest BCUT2D eigenvalue weighted by Crippen LogP contribution is -2.25. The van der Waals surface area contributed by atoms with Gasteiger partial charge in [0.25, 0.3) is 0 Å². The number of rotatable bonds is 6. The molecule has 1 N–H and O–H groups in total. The molecule has 0 radical (unpaired) electrons. The monoisotopic (exact) mass is 274 g/mol. The van der Waals surface area contributed by atoms with Crippen LogP contribution in [0.4, 0.5) is 11.6 Å². The van der Waals surface area contributed by atoms with Crippen LogP contribution >= 0.6 is 0 Å². The molecule has 0 saturated carbocycles. The Labute approximate surface area is 120 Å². The van der Waals surface area contributed by atoms with Crippen molar-refractivity contribution in [3.8, 4) is 0 Å². The fourth-order valence-corrected chi connectivity index (χ4v) is 2.30. The molecule has 0 unspecified atom stereocenters. The Kier molecular flexibility index (Phi) is 4.61. The van der Waals surface area contributed by atoms with Gasteiger partial charge in [-0.25, -0.2) is 9.97 Å². The average molecular weight is 274 g/mol. The normalized spacial score (nSPS) is 10.8. The highest BCUT2D eigenvalue weighted by atomic mass is 16.3. The van der Waals surface area contributed by atoms with Crippen LogP contribution in [0.15, 0.2) is 29.1 Å². The second kappa shape index (κ2) is 6.41. The van der Waals surface area contributed by atoms with E-state index in [9.17, 15) is 0 Å². The molecule has 0 amide bonds. The SMILES string of the molecule is CCN(Cc1ccco1)c1ncnc(NC)c1C(C)C. The smallest absolute Gasteiger partial charge is 0.137 e. The molecular formula is C15H22N4O. The second-order valence-corrected chi connectivity index (χ2v) is 4.96. The lowest BCUT2D eigenvalue weighted by Gasteiger charge is -2.25. The van der Waals surface area contributed by atoms with Crippen molar-refractivity contribution in [2.45, 2.75) is 33.2 Å². The summed E-state index contributed by atoms with van der Waals surface area (Å²) in [5, 5.41) is 3.15. The van der Waals surface area contributed by atoms with Crippen LogP contribution in [0.1, 0.15) is 38.0 Å². The highest BCUT2D eigenvalue weighted by Crippen LogP contribution is 2.31. The first-order valence-corrected chi connectivity index (χ1v) is 6.97. The van der Waals surface area contributed by atoms with Crippen LogP contribution in [-0.2, 0) is 6.54 Å². The van der Waals surface area contributed by atoms with Gasteiger partial charge in [-0.05, 0) is 25.0 Å². The summed E-state index contributed by atoms with van der Waals surface area (Å²) >= 11 is 0. The van der Waals surface area contributed by atoms with Gasteiger partial charge in [0.1, 0.15) is 23.7 Å². The van der Waals surface area contributed by atoms with E-state index in [2.05, 4.69) is 41.0 Å². The highest BCUT2D eigenvalue weighted by molar-refractivity contribution is 5.60. The van der Waals surface area contributed by atoms with E-state index in [1.54, 1.807) is 12.6 Å².